The molecule has 2 heterocycles. The van der Waals surface area contributed by atoms with Crippen LogP contribution in [0.15, 0.2) is 83.0 Å². The number of ketones is 1. The molecule has 4 rings (SSSR count). The Morgan fingerprint density at radius 2 is 1.65 bits per heavy atom. The topological polar surface area (TPSA) is 39.4 Å². The summed E-state index contributed by atoms with van der Waals surface area (Å²) < 4.78 is 11.5. The predicted molar refractivity (Wildman–Crippen MR) is 87.3 cm³/mol. The van der Waals surface area contributed by atoms with Crippen LogP contribution in [0.1, 0.15) is 27.8 Å². The molecule has 0 N–H and O–H groups in total. The van der Waals surface area contributed by atoms with E-state index in [1.807, 2.05) is 54.6 Å². The van der Waals surface area contributed by atoms with Gasteiger partial charge in [-0.3, -0.25) is 4.79 Å². The Bertz CT molecular complexity index is 861. The van der Waals surface area contributed by atoms with Crippen LogP contribution in [-0.2, 0) is 0 Å². The second-order valence-corrected chi connectivity index (χ2v) is 5.35. The van der Waals surface area contributed by atoms with Gasteiger partial charge in [0.15, 0.2) is 11.9 Å². The summed E-state index contributed by atoms with van der Waals surface area (Å²) in [5, 5.41) is 0. The average molecular weight is 302 g/mol. The number of Topliss-reactive ketones (excluding diaryl/α,β-unsaturated/α-hetero) is 1. The summed E-state index contributed by atoms with van der Waals surface area (Å²) in [5.74, 6) is 1.22. The summed E-state index contributed by atoms with van der Waals surface area (Å²) in [6.45, 7) is 0. The van der Waals surface area contributed by atoms with Gasteiger partial charge in [0, 0.05) is 5.57 Å². The molecule has 23 heavy (non-hydrogen) atoms. The zero-order valence-electron chi connectivity index (χ0n) is 12.3. The van der Waals surface area contributed by atoms with E-state index in [0.717, 1.165) is 5.56 Å². The van der Waals surface area contributed by atoms with Gasteiger partial charge in [-0.15, -0.1) is 0 Å². The molecule has 1 aliphatic rings. The van der Waals surface area contributed by atoms with Crippen molar-refractivity contribution in [2.75, 3.05) is 0 Å². The van der Waals surface area contributed by atoms with E-state index in [1.165, 1.54) is 0 Å². The number of ether oxygens (including phenoxy) is 1. The fourth-order valence-corrected chi connectivity index (χ4v) is 2.77. The summed E-state index contributed by atoms with van der Waals surface area (Å²) in [6.07, 6.45) is 2.91. The van der Waals surface area contributed by atoms with E-state index in [9.17, 15) is 4.79 Å². The first-order valence-electron chi connectivity index (χ1n) is 7.43. The molecule has 2 aromatic carbocycles. The van der Waals surface area contributed by atoms with Crippen molar-refractivity contribution in [3.8, 4) is 5.75 Å². The highest BCUT2D eigenvalue weighted by atomic mass is 16.5. The second kappa shape index (κ2) is 5.61. The first-order chi connectivity index (χ1) is 11.3. The molecule has 1 aromatic heterocycles. The molecule has 0 unspecified atom stereocenters. The van der Waals surface area contributed by atoms with Gasteiger partial charge in [0.05, 0.1) is 11.8 Å². The number of carbonyl (C=O) groups is 1. The third kappa shape index (κ3) is 2.46. The number of benzene rings is 2. The SMILES string of the molecule is O=C1/C(=C/c2ccco2)[C@@H](c2ccccc2)Oc2ccccc21. The van der Waals surface area contributed by atoms with Crippen LogP contribution in [0.3, 0.4) is 0 Å². The van der Waals surface area contributed by atoms with Gasteiger partial charge in [-0.25, -0.2) is 0 Å². The van der Waals surface area contributed by atoms with Gasteiger partial charge in [0.25, 0.3) is 0 Å². The van der Waals surface area contributed by atoms with Crippen molar-refractivity contribution >= 4 is 11.9 Å². The van der Waals surface area contributed by atoms with Crippen molar-refractivity contribution < 1.29 is 13.9 Å². The molecule has 0 saturated carbocycles. The predicted octanol–water partition coefficient (Wildman–Crippen LogP) is 4.68. The molecule has 3 nitrogen and oxygen atoms in total. The van der Waals surface area contributed by atoms with Crippen LogP contribution in [0, 0.1) is 0 Å². The van der Waals surface area contributed by atoms with Crippen molar-refractivity contribution in [1.29, 1.82) is 0 Å². The van der Waals surface area contributed by atoms with E-state index >= 15 is 0 Å². The molecule has 1 aliphatic heterocycles. The lowest BCUT2D eigenvalue weighted by Crippen LogP contribution is -2.23. The van der Waals surface area contributed by atoms with Crippen LogP contribution >= 0.6 is 0 Å². The van der Waals surface area contributed by atoms with Crippen molar-refractivity contribution in [3.63, 3.8) is 0 Å². The highest BCUT2D eigenvalue weighted by Crippen LogP contribution is 2.39. The van der Waals surface area contributed by atoms with E-state index in [1.54, 1.807) is 24.5 Å². The Labute approximate surface area is 133 Å². The average Bonchev–Trinajstić information content (AvgIpc) is 3.11. The molecule has 0 aliphatic carbocycles. The number of furan rings is 1. The standard InChI is InChI=1S/C20H14O3/c21-19-16-10-4-5-11-18(16)23-20(14-7-2-1-3-8-14)17(19)13-15-9-6-12-22-15/h1-13,20H/b17-13-/t20-/m1/s1. The number of carbonyl (C=O) groups excluding carboxylic acids is 1. The second-order valence-electron chi connectivity index (χ2n) is 5.35. The van der Waals surface area contributed by atoms with Crippen molar-refractivity contribution in [2.45, 2.75) is 6.10 Å². The van der Waals surface area contributed by atoms with Gasteiger partial charge in [-0.05, 0) is 35.9 Å². The zero-order valence-corrected chi connectivity index (χ0v) is 12.3. The molecule has 0 saturated heterocycles. The van der Waals surface area contributed by atoms with Crippen LogP contribution in [0.4, 0.5) is 0 Å². The van der Waals surface area contributed by atoms with Crippen LogP contribution in [0.5, 0.6) is 5.75 Å². The summed E-state index contributed by atoms with van der Waals surface area (Å²) in [5.41, 5.74) is 2.09. The lowest BCUT2D eigenvalue weighted by Gasteiger charge is -2.28. The van der Waals surface area contributed by atoms with Gasteiger partial charge in [0.1, 0.15) is 11.5 Å². The van der Waals surface area contributed by atoms with E-state index in [0.29, 0.717) is 22.6 Å². The lowest BCUT2D eigenvalue weighted by molar-refractivity contribution is 0.0963. The Kier molecular flexibility index (Phi) is 3.31. The number of hydrogen-bond acceptors (Lipinski definition) is 3. The quantitative estimate of drug-likeness (QED) is 0.645. The molecule has 3 heteroatoms. The molecular weight excluding hydrogens is 288 g/mol. The maximum absolute atomic E-state index is 12.9. The Hall–Kier alpha value is -3.07. The lowest BCUT2D eigenvalue weighted by atomic mass is 9.90. The van der Waals surface area contributed by atoms with Crippen molar-refractivity contribution in [2.24, 2.45) is 0 Å². The molecule has 0 spiro atoms. The van der Waals surface area contributed by atoms with Crippen LogP contribution in [0.2, 0.25) is 0 Å². The summed E-state index contributed by atoms with van der Waals surface area (Å²) in [6, 6.07) is 20.7. The Balaban J connectivity index is 1.87. The highest BCUT2D eigenvalue weighted by molar-refractivity contribution is 6.14. The smallest absolute Gasteiger partial charge is 0.196 e. The summed E-state index contributed by atoms with van der Waals surface area (Å²) >= 11 is 0. The first-order valence-corrected chi connectivity index (χ1v) is 7.43. The van der Waals surface area contributed by atoms with Gasteiger partial charge in [-0.2, -0.15) is 0 Å². The van der Waals surface area contributed by atoms with E-state index in [2.05, 4.69) is 0 Å². The highest BCUT2D eigenvalue weighted by Gasteiger charge is 2.32. The molecule has 1 atom stereocenters. The minimum Gasteiger partial charge on any atom is -0.480 e. The minimum atomic E-state index is -0.441. The number of fused-ring (bicyclic) bond motifs is 1. The fourth-order valence-electron chi connectivity index (χ4n) is 2.77. The number of rotatable bonds is 2. The molecule has 0 bridgehead atoms. The monoisotopic (exact) mass is 302 g/mol. The van der Waals surface area contributed by atoms with Crippen molar-refractivity contribution in [1.82, 2.24) is 0 Å². The molecule has 0 amide bonds. The molecular formula is C20H14O3. The van der Waals surface area contributed by atoms with E-state index < -0.39 is 6.10 Å². The maximum atomic E-state index is 12.9. The minimum absolute atomic E-state index is 0.0305. The zero-order chi connectivity index (χ0) is 15.6. The third-order valence-corrected chi connectivity index (χ3v) is 3.86. The molecule has 0 radical (unpaired) electrons. The third-order valence-electron chi connectivity index (χ3n) is 3.86. The van der Waals surface area contributed by atoms with Gasteiger partial charge in [0.2, 0.25) is 0 Å². The Morgan fingerprint density at radius 3 is 2.43 bits per heavy atom. The van der Waals surface area contributed by atoms with E-state index in [4.69, 9.17) is 9.15 Å². The van der Waals surface area contributed by atoms with Gasteiger partial charge >= 0.3 is 0 Å². The van der Waals surface area contributed by atoms with Gasteiger partial charge < -0.3 is 9.15 Å². The Morgan fingerprint density at radius 1 is 0.870 bits per heavy atom. The first kappa shape index (κ1) is 13.6. The van der Waals surface area contributed by atoms with Gasteiger partial charge in [-0.1, -0.05) is 42.5 Å². The largest absolute Gasteiger partial charge is 0.480 e. The van der Waals surface area contributed by atoms with Crippen molar-refractivity contribution in [3.05, 3.63) is 95.5 Å². The van der Waals surface area contributed by atoms with E-state index in [-0.39, 0.29) is 5.78 Å². The summed E-state index contributed by atoms with van der Waals surface area (Å²) in [7, 11) is 0. The fraction of sp³-hybridized carbons (Fsp3) is 0.0500. The van der Waals surface area contributed by atoms with Crippen LogP contribution < -0.4 is 4.74 Å². The number of hydrogen-bond donors (Lipinski definition) is 0. The maximum Gasteiger partial charge on any atom is 0.196 e. The normalized spacial score (nSPS) is 18.5. The molecule has 0 fully saturated rings. The van der Waals surface area contributed by atoms with Crippen LogP contribution in [-0.4, -0.2) is 5.78 Å². The number of para-hydroxylation sites is 1. The molecule has 3 aromatic rings. The molecule has 112 valence electrons. The van der Waals surface area contributed by atoms with Crippen LogP contribution in [0.25, 0.3) is 6.08 Å². The summed E-state index contributed by atoms with van der Waals surface area (Å²) in [4.78, 5) is 12.9.